The highest BCUT2D eigenvalue weighted by atomic mass is 79.9. The Morgan fingerprint density at radius 1 is 1.19 bits per heavy atom. The number of benzene rings is 2. The van der Waals surface area contributed by atoms with Gasteiger partial charge in [-0.25, -0.2) is 9.37 Å². The van der Waals surface area contributed by atoms with E-state index in [2.05, 4.69) is 31.0 Å². The monoisotopic (exact) mass is 484 g/mol. The summed E-state index contributed by atoms with van der Waals surface area (Å²) in [5.74, 6) is -0.643. The minimum absolute atomic E-state index is 0.0735. The van der Waals surface area contributed by atoms with Crippen molar-refractivity contribution in [3.8, 4) is 11.4 Å². The predicted octanol–water partition coefficient (Wildman–Crippen LogP) is 5.13. The first-order chi connectivity index (χ1) is 14.9. The van der Waals surface area contributed by atoms with Gasteiger partial charge in [0, 0.05) is 26.9 Å². The van der Waals surface area contributed by atoms with Crippen LogP contribution in [0, 0.1) is 5.82 Å². The second-order valence-electron chi connectivity index (χ2n) is 7.36. The number of carbonyl (C=O) groups is 1. The van der Waals surface area contributed by atoms with Gasteiger partial charge in [-0.05, 0) is 37.1 Å². The lowest BCUT2D eigenvalue weighted by Crippen LogP contribution is -2.09. The van der Waals surface area contributed by atoms with Crippen molar-refractivity contribution in [3.05, 3.63) is 69.2 Å². The van der Waals surface area contributed by atoms with E-state index in [0.717, 1.165) is 32.5 Å². The largest absolute Gasteiger partial charge is 0.481 e. The standard InChI is InChI=1S/C23H22BrFN4O2/c1-3-18-16(11-22(30)31)21(4-2)29(28-18)12-14-6-5-13(9-17(14)25)23-26-19-8-7-15(24)10-20(19)27-23/h5-10H,3-4,11-12H2,1-2H3,(H,26,27)(H,30,31). The smallest absolute Gasteiger partial charge is 0.307 e. The van der Waals surface area contributed by atoms with E-state index >= 15 is 0 Å². The second-order valence-corrected chi connectivity index (χ2v) is 8.28. The third-order valence-corrected chi connectivity index (χ3v) is 5.83. The van der Waals surface area contributed by atoms with E-state index in [4.69, 9.17) is 0 Å². The van der Waals surface area contributed by atoms with E-state index in [9.17, 15) is 14.3 Å². The Labute approximate surface area is 187 Å². The molecule has 0 saturated carbocycles. The SMILES string of the molecule is CCc1nn(Cc2ccc(-c3nc4ccc(Br)cc4[nH]3)cc2F)c(CC)c1CC(=O)O. The zero-order valence-corrected chi connectivity index (χ0v) is 18.8. The Hall–Kier alpha value is -3.00. The molecule has 4 aromatic rings. The molecule has 0 atom stereocenters. The molecule has 2 N–H and O–H groups in total. The highest BCUT2D eigenvalue weighted by Crippen LogP contribution is 2.26. The van der Waals surface area contributed by atoms with E-state index in [-0.39, 0.29) is 18.8 Å². The van der Waals surface area contributed by atoms with E-state index in [1.54, 1.807) is 10.7 Å². The van der Waals surface area contributed by atoms with Crippen molar-refractivity contribution in [1.82, 2.24) is 19.7 Å². The van der Waals surface area contributed by atoms with Gasteiger partial charge in [0.15, 0.2) is 0 Å². The van der Waals surface area contributed by atoms with Crippen LogP contribution in [0.4, 0.5) is 4.39 Å². The first kappa shape index (κ1) is 21.2. The van der Waals surface area contributed by atoms with Crippen molar-refractivity contribution in [3.63, 3.8) is 0 Å². The maximum atomic E-state index is 15.0. The number of hydrogen-bond donors (Lipinski definition) is 2. The Bertz CT molecular complexity index is 1280. The van der Waals surface area contributed by atoms with Crippen LogP contribution < -0.4 is 0 Å². The number of aliphatic carboxylic acids is 1. The normalized spacial score (nSPS) is 11.4. The minimum Gasteiger partial charge on any atom is -0.481 e. The number of fused-ring (bicyclic) bond motifs is 1. The van der Waals surface area contributed by atoms with Crippen molar-refractivity contribution in [2.75, 3.05) is 0 Å². The Morgan fingerprint density at radius 3 is 2.68 bits per heavy atom. The van der Waals surface area contributed by atoms with Gasteiger partial charge >= 0.3 is 5.97 Å². The molecule has 0 spiro atoms. The van der Waals surface area contributed by atoms with Crippen LogP contribution in [0.2, 0.25) is 0 Å². The molecule has 0 fully saturated rings. The predicted molar refractivity (Wildman–Crippen MR) is 121 cm³/mol. The number of hydrogen-bond acceptors (Lipinski definition) is 3. The summed E-state index contributed by atoms with van der Waals surface area (Å²) in [6, 6.07) is 10.8. The van der Waals surface area contributed by atoms with Crippen LogP contribution in [0.3, 0.4) is 0 Å². The molecule has 31 heavy (non-hydrogen) atoms. The quantitative estimate of drug-likeness (QED) is 0.380. The highest BCUT2D eigenvalue weighted by Gasteiger charge is 2.19. The van der Waals surface area contributed by atoms with E-state index < -0.39 is 5.97 Å². The molecule has 0 aliphatic rings. The number of carboxylic acid groups (broad SMARTS) is 1. The van der Waals surface area contributed by atoms with Gasteiger partial charge in [0.1, 0.15) is 11.6 Å². The fraction of sp³-hybridized carbons (Fsp3) is 0.261. The van der Waals surface area contributed by atoms with Crippen molar-refractivity contribution >= 4 is 32.9 Å². The molecule has 8 heteroatoms. The van der Waals surface area contributed by atoms with Gasteiger partial charge in [-0.3, -0.25) is 9.48 Å². The summed E-state index contributed by atoms with van der Waals surface area (Å²) in [7, 11) is 0. The van der Waals surface area contributed by atoms with Crippen LogP contribution in [-0.2, 0) is 30.6 Å². The van der Waals surface area contributed by atoms with E-state index in [1.165, 1.54) is 6.07 Å². The van der Waals surface area contributed by atoms with Gasteiger partial charge in [-0.15, -0.1) is 0 Å². The summed E-state index contributed by atoms with van der Waals surface area (Å²) in [6.45, 7) is 4.14. The van der Waals surface area contributed by atoms with Crippen molar-refractivity contribution < 1.29 is 14.3 Å². The number of halogens is 2. The highest BCUT2D eigenvalue weighted by molar-refractivity contribution is 9.10. The fourth-order valence-electron chi connectivity index (χ4n) is 3.86. The second kappa shape index (κ2) is 8.63. The van der Waals surface area contributed by atoms with Crippen LogP contribution in [0.15, 0.2) is 40.9 Å². The molecule has 0 aliphatic carbocycles. The number of aromatic nitrogens is 4. The number of nitrogens with zero attached hydrogens (tertiary/aromatic N) is 3. The third kappa shape index (κ3) is 4.25. The average Bonchev–Trinajstić information content (AvgIpc) is 3.29. The van der Waals surface area contributed by atoms with Gasteiger partial charge in [0.25, 0.3) is 0 Å². The van der Waals surface area contributed by atoms with Crippen LogP contribution in [-0.4, -0.2) is 30.8 Å². The van der Waals surface area contributed by atoms with Gasteiger partial charge in [-0.1, -0.05) is 41.9 Å². The molecule has 2 heterocycles. The summed E-state index contributed by atoms with van der Waals surface area (Å²) < 4.78 is 17.7. The lowest BCUT2D eigenvalue weighted by atomic mass is 10.1. The molecule has 0 bridgehead atoms. The number of carboxylic acids is 1. The summed E-state index contributed by atoms with van der Waals surface area (Å²) in [6.07, 6.45) is 1.19. The molecule has 0 amide bonds. The number of nitrogens with one attached hydrogen (secondary N) is 1. The zero-order valence-electron chi connectivity index (χ0n) is 17.2. The molecular weight excluding hydrogens is 463 g/mol. The first-order valence-electron chi connectivity index (χ1n) is 10.1. The van der Waals surface area contributed by atoms with Crippen molar-refractivity contribution in [1.29, 1.82) is 0 Å². The lowest BCUT2D eigenvalue weighted by Gasteiger charge is -2.09. The van der Waals surface area contributed by atoms with Crippen molar-refractivity contribution in [2.24, 2.45) is 0 Å². The Balaban J connectivity index is 1.66. The molecular formula is C23H22BrFN4O2. The van der Waals surface area contributed by atoms with Gasteiger partial charge < -0.3 is 10.1 Å². The number of rotatable bonds is 7. The number of aryl methyl sites for hydroxylation is 1. The summed E-state index contributed by atoms with van der Waals surface area (Å²) in [5, 5.41) is 13.8. The molecule has 0 saturated heterocycles. The molecule has 2 aromatic carbocycles. The van der Waals surface area contributed by atoms with Crippen LogP contribution >= 0.6 is 15.9 Å². The topological polar surface area (TPSA) is 83.8 Å². The molecule has 2 aromatic heterocycles. The van der Waals surface area contributed by atoms with Crippen LogP contribution in [0.1, 0.15) is 36.4 Å². The Morgan fingerprint density at radius 2 is 2.00 bits per heavy atom. The number of aromatic amines is 1. The van der Waals surface area contributed by atoms with Gasteiger partial charge in [0.2, 0.25) is 0 Å². The third-order valence-electron chi connectivity index (χ3n) is 5.34. The maximum absolute atomic E-state index is 15.0. The van der Waals surface area contributed by atoms with Gasteiger partial charge in [-0.2, -0.15) is 5.10 Å². The first-order valence-corrected chi connectivity index (χ1v) is 10.9. The van der Waals surface area contributed by atoms with Crippen molar-refractivity contribution in [2.45, 2.75) is 39.7 Å². The summed E-state index contributed by atoms with van der Waals surface area (Å²) >= 11 is 3.44. The molecule has 4 rings (SSSR count). The molecule has 0 aliphatic heterocycles. The molecule has 160 valence electrons. The van der Waals surface area contributed by atoms with E-state index in [0.29, 0.717) is 29.8 Å². The molecule has 0 unspecified atom stereocenters. The number of imidazole rings is 1. The average molecular weight is 485 g/mol. The summed E-state index contributed by atoms with van der Waals surface area (Å²) in [4.78, 5) is 19.0. The maximum Gasteiger partial charge on any atom is 0.307 e. The minimum atomic E-state index is -0.891. The van der Waals surface area contributed by atoms with Crippen LogP contribution in [0.25, 0.3) is 22.4 Å². The van der Waals surface area contributed by atoms with Gasteiger partial charge in [0.05, 0.1) is 29.7 Å². The van der Waals surface area contributed by atoms with Crippen LogP contribution in [0.5, 0.6) is 0 Å². The molecule has 6 nitrogen and oxygen atoms in total. The fourth-order valence-corrected chi connectivity index (χ4v) is 4.22. The number of H-pyrrole nitrogens is 1. The van der Waals surface area contributed by atoms with E-state index in [1.807, 2.05) is 38.1 Å². The lowest BCUT2D eigenvalue weighted by molar-refractivity contribution is -0.136. The molecule has 0 radical (unpaired) electrons. The zero-order chi connectivity index (χ0) is 22.1. The summed E-state index contributed by atoms with van der Waals surface area (Å²) in [5.41, 5.74) is 5.16. The Kier molecular flexibility index (Phi) is 5.91.